The third-order valence-corrected chi connectivity index (χ3v) is 9.92. The summed E-state index contributed by atoms with van der Waals surface area (Å²) in [5, 5.41) is 2.75. The van der Waals surface area contributed by atoms with Crippen LogP contribution in [0, 0.1) is 0 Å². The van der Waals surface area contributed by atoms with E-state index >= 15 is 0 Å². The summed E-state index contributed by atoms with van der Waals surface area (Å²) in [4.78, 5) is 12.6. The van der Waals surface area contributed by atoms with E-state index in [4.69, 9.17) is 11.6 Å². The number of hydrogen-bond acceptors (Lipinski definition) is 5. The lowest BCUT2D eigenvalue weighted by molar-refractivity contribution is 0.0915. The predicted molar refractivity (Wildman–Crippen MR) is 123 cm³/mol. The number of rotatable bonds is 5. The van der Waals surface area contributed by atoms with E-state index in [0.717, 1.165) is 24.0 Å². The molecule has 7 nitrogen and oxygen atoms in total. The number of nitrogens with one attached hydrogen (secondary N) is 2. The number of halogens is 1. The van der Waals surface area contributed by atoms with Gasteiger partial charge in [0.1, 0.15) is 4.90 Å². The second kappa shape index (κ2) is 8.44. The Morgan fingerprint density at radius 1 is 1.19 bits per heavy atom. The highest BCUT2D eigenvalue weighted by atomic mass is 35.5. The van der Waals surface area contributed by atoms with Crippen molar-refractivity contribution in [1.29, 1.82) is 0 Å². The van der Waals surface area contributed by atoms with Crippen LogP contribution < -0.4 is 10.0 Å². The lowest BCUT2D eigenvalue weighted by atomic mass is 9.88. The molecule has 0 bridgehead atoms. The maximum absolute atomic E-state index is 13.2. The van der Waals surface area contributed by atoms with Crippen LogP contribution in [-0.2, 0) is 26.3 Å². The van der Waals surface area contributed by atoms with Gasteiger partial charge in [-0.1, -0.05) is 35.9 Å². The number of sulfonamides is 1. The molecule has 1 amide bonds. The SMILES string of the molecule is CC1(NC(=O)c2ccc(Cl)c(S(=O)(=O)NC3CCCc4ccccc43)c2)CCS(=O)(=O)C1. The summed E-state index contributed by atoms with van der Waals surface area (Å²) in [7, 11) is -7.21. The minimum atomic E-state index is -4.01. The van der Waals surface area contributed by atoms with E-state index < -0.39 is 31.3 Å². The Kier molecular flexibility index (Phi) is 6.13. The van der Waals surface area contributed by atoms with Crippen molar-refractivity contribution in [1.82, 2.24) is 10.0 Å². The first kappa shape index (κ1) is 23.2. The zero-order valence-corrected chi connectivity index (χ0v) is 20.0. The highest BCUT2D eigenvalue weighted by Gasteiger charge is 2.39. The number of sulfone groups is 1. The van der Waals surface area contributed by atoms with E-state index in [0.29, 0.717) is 12.8 Å². The molecule has 10 heteroatoms. The molecule has 2 aromatic carbocycles. The lowest BCUT2D eigenvalue weighted by Gasteiger charge is -2.26. The van der Waals surface area contributed by atoms with Gasteiger partial charge in [-0.3, -0.25) is 4.79 Å². The van der Waals surface area contributed by atoms with Gasteiger partial charge in [0.15, 0.2) is 9.84 Å². The Labute approximate surface area is 193 Å². The van der Waals surface area contributed by atoms with Gasteiger partial charge in [-0.15, -0.1) is 0 Å². The van der Waals surface area contributed by atoms with Gasteiger partial charge in [0, 0.05) is 11.6 Å². The van der Waals surface area contributed by atoms with Gasteiger partial charge in [-0.25, -0.2) is 21.6 Å². The molecule has 2 N–H and O–H groups in total. The maximum Gasteiger partial charge on any atom is 0.251 e. The molecular formula is C22H25ClN2O5S2. The number of carbonyl (C=O) groups excluding carboxylic acids is 1. The van der Waals surface area contributed by atoms with Crippen molar-refractivity contribution in [2.75, 3.05) is 11.5 Å². The zero-order valence-electron chi connectivity index (χ0n) is 17.6. The largest absolute Gasteiger partial charge is 0.346 e. The molecule has 2 aliphatic rings. The quantitative estimate of drug-likeness (QED) is 0.661. The van der Waals surface area contributed by atoms with Crippen molar-refractivity contribution in [2.45, 2.75) is 49.1 Å². The molecule has 0 aromatic heterocycles. The summed E-state index contributed by atoms with van der Waals surface area (Å²) in [5.41, 5.74) is 1.27. The van der Waals surface area contributed by atoms with Crippen molar-refractivity contribution in [3.05, 3.63) is 64.2 Å². The summed E-state index contributed by atoms with van der Waals surface area (Å²) in [6.45, 7) is 1.67. The maximum atomic E-state index is 13.2. The molecule has 1 heterocycles. The summed E-state index contributed by atoms with van der Waals surface area (Å²) in [6, 6.07) is 11.4. The number of carbonyl (C=O) groups is 1. The van der Waals surface area contributed by atoms with Crippen LogP contribution in [0.5, 0.6) is 0 Å². The van der Waals surface area contributed by atoms with Crippen LogP contribution in [0.25, 0.3) is 0 Å². The molecule has 1 saturated heterocycles. The van der Waals surface area contributed by atoms with Gasteiger partial charge in [-0.2, -0.15) is 0 Å². The van der Waals surface area contributed by atoms with E-state index in [1.54, 1.807) is 6.92 Å². The van der Waals surface area contributed by atoms with Gasteiger partial charge in [0.05, 0.1) is 22.1 Å². The van der Waals surface area contributed by atoms with Crippen LogP contribution in [-0.4, -0.2) is 39.8 Å². The number of aryl methyl sites for hydroxylation is 1. The van der Waals surface area contributed by atoms with Crippen molar-refractivity contribution in [3.63, 3.8) is 0 Å². The van der Waals surface area contributed by atoms with E-state index in [1.165, 1.54) is 18.2 Å². The molecule has 2 atom stereocenters. The van der Waals surface area contributed by atoms with Crippen molar-refractivity contribution in [2.24, 2.45) is 0 Å². The van der Waals surface area contributed by atoms with Gasteiger partial charge in [0.2, 0.25) is 10.0 Å². The lowest BCUT2D eigenvalue weighted by Crippen LogP contribution is -2.47. The molecule has 2 aromatic rings. The normalized spacial score (nSPS) is 24.6. The fourth-order valence-electron chi connectivity index (χ4n) is 4.43. The van der Waals surface area contributed by atoms with Crippen LogP contribution in [0.15, 0.2) is 47.4 Å². The van der Waals surface area contributed by atoms with Crippen LogP contribution >= 0.6 is 11.6 Å². The van der Waals surface area contributed by atoms with Gasteiger partial charge in [-0.05, 0) is 61.9 Å². The molecule has 1 aliphatic heterocycles. The van der Waals surface area contributed by atoms with Crippen molar-refractivity contribution >= 4 is 37.4 Å². The average Bonchev–Trinajstić information content (AvgIpc) is 3.00. The Hall–Kier alpha value is -1.94. The van der Waals surface area contributed by atoms with Gasteiger partial charge in [0.25, 0.3) is 5.91 Å². The first-order valence-electron chi connectivity index (χ1n) is 10.4. The van der Waals surface area contributed by atoms with E-state index in [-0.39, 0.29) is 33.0 Å². The molecule has 0 radical (unpaired) electrons. The molecular weight excluding hydrogens is 472 g/mol. The second-order valence-electron chi connectivity index (χ2n) is 8.77. The monoisotopic (exact) mass is 496 g/mol. The predicted octanol–water partition coefficient (Wildman–Crippen LogP) is 3.00. The molecule has 4 rings (SSSR count). The number of amides is 1. The first-order chi connectivity index (χ1) is 15.0. The van der Waals surface area contributed by atoms with E-state index in [9.17, 15) is 21.6 Å². The Morgan fingerprint density at radius 2 is 1.94 bits per heavy atom. The third-order valence-electron chi connectivity index (χ3n) is 6.07. The topological polar surface area (TPSA) is 109 Å². The summed E-state index contributed by atoms with van der Waals surface area (Å²) in [6.07, 6.45) is 2.74. The molecule has 32 heavy (non-hydrogen) atoms. The first-order valence-corrected chi connectivity index (χ1v) is 14.1. The van der Waals surface area contributed by atoms with Crippen LogP contribution in [0.3, 0.4) is 0 Å². The Morgan fingerprint density at radius 3 is 2.66 bits per heavy atom. The molecule has 1 fully saturated rings. The average molecular weight is 497 g/mol. The van der Waals surface area contributed by atoms with Crippen molar-refractivity contribution in [3.8, 4) is 0 Å². The number of hydrogen-bond donors (Lipinski definition) is 2. The minimum Gasteiger partial charge on any atom is -0.346 e. The highest BCUT2D eigenvalue weighted by Crippen LogP contribution is 2.32. The van der Waals surface area contributed by atoms with Crippen molar-refractivity contribution < 1.29 is 21.6 Å². The molecule has 172 valence electrons. The highest BCUT2D eigenvalue weighted by molar-refractivity contribution is 7.91. The fourth-order valence-corrected chi connectivity index (χ4v) is 8.30. The van der Waals surface area contributed by atoms with Crippen LogP contribution in [0.1, 0.15) is 53.7 Å². The van der Waals surface area contributed by atoms with Gasteiger partial charge >= 0.3 is 0 Å². The number of benzene rings is 2. The molecule has 0 spiro atoms. The van der Waals surface area contributed by atoms with Crippen LogP contribution in [0.4, 0.5) is 0 Å². The molecule has 0 saturated carbocycles. The Balaban J connectivity index is 1.58. The summed E-state index contributed by atoms with van der Waals surface area (Å²) < 4.78 is 52.8. The smallest absolute Gasteiger partial charge is 0.251 e. The number of fused-ring (bicyclic) bond motifs is 1. The van der Waals surface area contributed by atoms with Crippen LogP contribution in [0.2, 0.25) is 5.02 Å². The molecule has 2 unspecified atom stereocenters. The second-order valence-corrected chi connectivity index (χ2v) is 13.0. The van der Waals surface area contributed by atoms with E-state index in [1.807, 2.05) is 24.3 Å². The summed E-state index contributed by atoms with van der Waals surface area (Å²) >= 11 is 6.21. The summed E-state index contributed by atoms with van der Waals surface area (Å²) in [5.74, 6) is -0.676. The fraction of sp³-hybridized carbons (Fsp3) is 0.409. The standard InChI is InChI=1S/C22H25ClN2O5S2/c1-22(11-12-31(27,28)14-22)24-21(26)16-9-10-18(23)20(13-16)32(29,30)25-19-8-4-6-15-5-2-3-7-17(15)19/h2-3,5,7,9-10,13,19,25H,4,6,8,11-12,14H2,1H3,(H,24,26). The third kappa shape index (κ3) is 4.85. The van der Waals surface area contributed by atoms with E-state index in [2.05, 4.69) is 10.0 Å². The Bertz CT molecular complexity index is 1280. The molecule has 1 aliphatic carbocycles. The minimum absolute atomic E-state index is 0.00722. The van der Waals surface area contributed by atoms with Gasteiger partial charge < -0.3 is 5.32 Å². The zero-order chi connectivity index (χ0) is 23.1.